The third-order valence-electron chi connectivity index (χ3n) is 4.88. The zero-order valence-electron chi connectivity index (χ0n) is 16.7. The molecule has 1 fully saturated rings. The number of hydrogen-bond donors (Lipinski definition) is 0. The van der Waals surface area contributed by atoms with E-state index in [0.717, 1.165) is 35.4 Å². The Kier molecular flexibility index (Phi) is 6.27. The molecular weight excluding hydrogens is 425 g/mol. The van der Waals surface area contributed by atoms with E-state index in [1.54, 1.807) is 20.3 Å². The number of benzene rings is 2. The normalized spacial score (nSPS) is 14.5. The van der Waals surface area contributed by atoms with Gasteiger partial charge in [0.2, 0.25) is 0 Å². The molecule has 156 valence electrons. The van der Waals surface area contributed by atoms with E-state index in [1.165, 1.54) is 0 Å². The molecule has 0 radical (unpaired) electrons. The van der Waals surface area contributed by atoms with Crippen molar-refractivity contribution in [3.8, 4) is 11.5 Å². The lowest BCUT2D eigenvalue weighted by molar-refractivity contribution is 0.122. The molecule has 0 aliphatic carbocycles. The van der Waals surface area contributed by atoms with Crippen molar-refractivity contribution in [2.45, 2.75) is 0 Å². The van der Waals surface area contributed by atoms with Crippen LogP contribution in [0.15, 0.2) is 30.3 Å². The van der Waals surface area contributed by atoms with Crippen molar-refractivity contribution in [1.29, 1.82) is 0 Å². The fourth-order valence-electron chi connectivity index (χ4n) is 3.34. The number of ether oxygens (including phenoxy) is 3. The first-order valence-electron chi connectivity index (χ1n) is 9.48. The highest BCUT2D eigenvalue weighted by atomic mass is 35.5. The number of halogens is 2. The molecule has 1 aliphatic rings. The molecule has 0 spiro atoms. The summed E-state index contributed by atoms with van der Waals surface area (Å²) in [6.45, 7) is 2.82. The minimum atomic E-state index is 0.464. The molecule has 30 heavy (non-hydrogen) atoms. The zero-order valence-corrected chi connectivity index (χ0v) is 18.2. The van der Waals surface area contributed by atoms with Gasteiger partial charge in [0.1, 0.15) is 5.82 Å². The molecule has 1 saturated heterocycles. The van der Waals surface area contributed by atoms with Crippen LogP contribution in [0.3, 0.4) is 0 Å². The van der Waals surface area contributed by atoms with E-state index in [-0.39, 0.29) is 0 Å². The van der Waals surface area contributed by atoms with E-state index in [9.17, 15) is 0 Å². The summed E-state index contributed by atoms with van der Waals surface area (Å²) < 4.78 is 16.2. The van der Waals surface area contributed by atoms with Crippen molar-refractivity contribution < 1.29 is 14.2 Å². The Hall–Kier alpha value is -2.54. The van der Waals surface area contributed by atoms with E-state index in [2.05, 4.69) is 9.88 Å². The second-order valence-corrected chi connectivity index (χ2v) is 7.55. The van der Waals surface area contributed by atoms with Crippen LogP contribution in [0.25, 0.3) is 23.1 Å². The molecule has 4 rings (SSSR count). The van der Waals surface area contributed by atoms with Crippen LogP contribution in [0.2, 0.25) is 10.0 Å². The molecule has 2 heterocycles. The van der Waals surface area contributed by atoms with E-state index < -0.39 is 0 Å². The Morgan fingerprint density at radius 1 is 0.933 bits per heavy atom. The SMILES string of the molecule is COc1ccc(/C=C/c2nc(N3CCOCC3)c3cc(Cl)c(Cl)cc3n2)cc1OC. The van der Waals surface area contributed by atoms with Crippen molar-refractivity contribution in [2.24, 2.45) is 0 Å². The summed E-state index contributed by atoms with van der Waals surface area (Å²) >= 11 is 12.5. The number of morpholine rings is 1. The molecule has 0 bridgehead atoms. The van der Waals surface area contributed by atoms with Gasteiger partial charge in [-0.05, 0) is 35.9 Å². The predicted molar refractivity (Wildman–Crippen MR) is 121 cm³/mol. The summed E-state index contributed by atoms with van der Waals surface area (Å²) in [6.07, 6.45) is 3.80. The molecule has 3 aromatic rings. The molecular formula is C22H21Cl2N3O3. The molecule has 0 atom stereocenters. The number of rotatable bonds is 5. The van der Waals surface area contributed by atoms with Crippen molar-refractivity contribution in [3.63, 3.8) is 0 Å². The fraction of sp³-hybridized carbons (Fsp3) is 0.273. The molecule has 2 aromatic carbocycles. The first-order valence-corrected chi connectivity index (χ1v) is 10.2. The second kappa shape index (κ2) is 9.08. The van der Waals surface area contributed by atoms with Gasteiger partial charge in [-0.3, -0.25) is 0 Å². The summed E-state index contributed by atoms with van der Waals surface area (Å²) in [4.78, 5) is 11.7. The van der Waals surface area contributed by atoms with Crippen molar-refractivity contribution in [2.75, 3.05) is 45.4 Å². The van der Waals surface area contributed by atoms with Crippen LogP contribution in [0.5, 0.6) is 11.5 Å². The van der Waals surface area contributed by atoms with E-state index in [0.29, 0.717) is 40.6 Å². The first-order chi connectivity index (χ1) is 14.6. The average Bonchev–Trinajstić information content (AvgIpc) is 2.78. The summed E-state index contributed by atoms with van der Waals surface area (Å²) in [5.41, 5.74) is 1.69. The van der Waals surface area contributed by atoms with E-state index >= 15 is 0 Å². The largest absolute Gasteiger partial charge is 0.493 e. The Morgan fingerprint density at radius 2 is 1.67 bits per heavy atom. The van der Waals surface area contributed by atoms with Gasteiger partial charge in [0, 0.05) is 18.5 Å². The number of fused-ring (bicyclic) bond motifs is 1. The van der Waals surface area contributed by atoms with Gasteiger partial charge in [-0.15, -0.1) is 0 Å². The molecule has 8 heteroatoms. The van der Waals surface area contributed by atoms with Gasteiger partial charge in [-0.1, -0.05) is 35.3 Å². The Bertz CT molecular complexity index is 1100. The Balaban J connectivity index is 1.75. The van der Waals surface area contributed by atoms with Crippen LogP contribution in [-0.2, 0) is 4.74 Å². The highest BCUT2D eigenvalue weighted by molar-refractivity contribution is 6.42. The van der Waals surface area contributed by atoms with E-state index in [1.807, 2.05) is 36.4 Å². The van der Waals surface area contributed by atoms with Gasteiger partial charge >= 0.3 is 0 Å². The monoisotopic (exact) mass is 445 g/mol. The topological polar surface area (TPSA) is 56.7 Å². The Morgan fingerprint density at radius 3 is 2.40 bits per heavy atom. The van der Waals surface area contributed by atoms with E-state index in [4.69, 9.17) is 42.4 Å². The average molecular weight is 446 g/mol. The number of methoxy groups -OCH3 is 2. The van der Waals surface area contributed by atoms with Crippen LogP contribution < -0.4 is 14.4 Å². The van der Waals surface area contributed by atoms with Crippen molar-refractivity contribution in [3.05, 3.63) is 51.8 Å². The standard InChI is InChI=1S/C22H21Cl2N3O3/c1-28-19-5-3-14(11-20(19)29-2)4-6-21-25-18-13-17(24)16(23)12-15(18)22(26-21)27-7-9-30-10-8-27/h3-6,11-13H,7-10H2,1-2H3/b6-4+. The highest BCUT2D eigenvalue weighted by Crippen LogP contribution is 2.33. The maximum absolute atomic E-state index is 6.27. The minimum absolute atomic E-state index is 0.464. The van der Waals surface area contributed by atoms with Gasteiger partial charge in [0.05, 0.1) is 43.0 Å². The third kappa shape index (κ3) is 4.31. The molecule has 0 unspecified atom stereocenters. The van der Waals surface area contributed by atoms with Gasteiger partial charge in [-0.2, -0.15) is 0 Å². The van der Waals surface area contributed by atoms with Gasteiger partial charge in [0.15, 0.2) is 17.3 Å². The number of aromatic nitrogens is 2. The second-order valence-electron chi connectivity index (χ2n) is 6.74. The quantitative estimate of drug-likeness (QED) is 0.552. The molecule has 1 aromatic heterocycles. The first kappa shape index (κ1) is 20.7. The van der Waals surface area contributed by atoms with Crippen LogP contribution in [-0.4, -0.2) is 50.5 Å². The summed E-state index contributed by atoms with van der Waals surface area (Å²) in [5.74, 6) is 2.75. The predicted octanol–water partition coefficient (Wildman–Crippen LogP) is 4.96. The van der Waals surface area contributed by atoms with Gasteiger partial charge < -0.3 is 19.1 Å². The van der Waals surface area contributed by atoms with Crippen LogP contribution >= 0.6 is 23.2 Å². The lowest BCUT2D eigenvalue weighted by Gasteiger charge is -2.29. The molecule has 0 amide bonds. The smallest absolute Gasteiger partial charge is 0.161 e. The maximum Gasteiger partial charge on any atom is 0.161 e. The van der Waals surface area contributed by atoms with Gasteiger partial charge in [-0.25, -0.2) is 9.97 Å². The molecule has 6 nitrogen and oxygen atoms in total. The summed E-state index contributed by atoms with van der Waals surface area (Å²) in [5, 5.41) is 1.82. The molecule has 0 saturated carbocycles. The number of nitrogens with zero attached hydrogens (tertiary/aromatic N) is 3. The van der Waals surface area contributed by atoms with Crippen LogP contribution in [0.1, 0.15) is 11.4 Å². The van der Waals surface area contributed by atoms with Gasteiger partial charge in [0.25, 0.3) is 0 Å². The Labute approximate surface area is 185 Å². The van der Waals surface area contributed by atoms with Crippen molar-refractivity contribution >= 4 is 52.1 Å². The fourth-order valence-corrected chi connectivity index (χ4v) is 3.66. The highest BCUT2D eigenvalue weighted by Gasteiger charge is 2.18. The third-order valence-corrected chi connectivity index (χ3v) is 5.60. The lowest BCUT2D eigenvalue weighted by Crippen LogP contribution is -2.37. The number of hydrogen-bond acceptors (Lipinski definition) is 6. The summed E-state index contributed by atoms with van der Waals surface area (Å²) in [6, 6.07) is 9.31. The van der Waals surface area contributed by atoms with Crippen LogP contribution in [0, 0.1) is 0 Å². The number of anilines is 1. The van der Waals surface area contributed by atoms with Crippen LogP contribution in [0.4, 0.5) is 5.82 Å². The zero-order chi connectivity index (χ0) is 21.1. The molecule has 0 N–H and O–H groups in total. The summed E-state index contributed by atoms with van der Waals surface area (Å²) in [7, 11) is 3.22. The molecule has 1 aliphatic heterocycles. The lowest BCUT2D eigenvalue weighted by atomic mass is 10.1. The minimum Gasteiger partial charge on any atom is -0.493 e. The van der Waals surface area contributed by atoms with Crippen molar-refractivity contribution in [1.82, 2.24) is 9.97 Å². The maximum atomic E-state index is 6.27.